The monoisotopic (exact) mass is 270 g/mol. The van der Waals surface area contributed by atoms with Crippen molar-refractivity contribution in [2.75, 3.05) is 12.4 Å². The number of ether oxygens (including phenoxy) is 1. The molecule has 0 aliphatic carbocycles. The topological polar surface area (TPSA) is 64.3 Å². The Bertz CT molecular complexity index is 624. The van der Waals surface area contributed by atoms with Crippen LogP contribution in [0.4, 0.5) is 5.69 Å². The third kappa shape index (κ3) is 3.16. The van der Waals surface area contributed by atoms with Crippen molar-refractivity contribution in [3.8, 4) is 5.75 Å². The minimum Gasteiger partial charge on any atom is -0.497 e. The van der Waals surface area contributed by atoms with Crippen LogP contribution in [0.3, 0.4) is 0 Å². The van der Waals surface area contributed by atoms with E-state index in [1.54, 1.807) is 31.4 Å². The van der Waals surface area contributed by atoms with Gasteiger partial charge in [0.2, 0.25) is 0 Å². The number of nitrogens with one attached hydrogen (secondary N) is 1. The number of carbonyl (C=O) groups excluding carboxylic acids is 1. The van der Waals surface area contributed by atoms with Gasteiger partial charge in [0.25, 0.3) is 5.91 Å². The maximum Gasteiger partial charge on any atom is 0.255 e. The molecule has 0 unspecified atom stereocenters. The highest BCUT2D eigenvalue weighted by atomic mass is 16.5. The number of hydrogen-bond donors (Lipinski definition) is 2. The van der Waals surface area contributed by atoms with Gasteiger partial charge in [-0.05, 0) is 42.3 Å². The molecular formula is C16H18N2O2. The van der Waals surface area contributed by atoms with Crippen LogP contribution in [0.25, 0.3) is 0 Å². The van der Waals surface area contributed by atoms with Crippen molar-refractivity contribution < 1.29 is 9.53 Å². The Morgan fingerprint density at radius 2 is 2.05 bits per heavy atom. The molecule has 0 saturated heterocycles. The molecule has 4 heteroatoms. The summed E-state index contributed by atoms with van der Waals surface area (Å²) in [4.78, 5) is 12.2. The van der Waals surface area contributed by atoms with E-state index >= 15 is 0 Å². The van der Waals surface area contributed by atoms with E-state index in [1.807, 2.05) is 25.1 Å². The third-order valence-corrected chi connectivity index (χ3v) is 3.12. The third-order valence-electron chi connectivity index (χ3n) is 3.12. The van der Waals surface area contributed by atoms with E-state index < -0.39 is 0 Å². The summed E-state index contributed by atoms with van der Waals surface area (Å²) in [5, 5.41) is 2.90. The first kappa shape index (κ1) is 14.1. The molecule has 2 rings (SSSR count). The summed E-state index contributed by atoms with van der Waals surface area (Å²) in [5.74, 6) is 0.492. The molecule has 1 amide bonds. The van der Waals surface area contributed by atoms with Gasteiger partial charge in [0.1, 0.15) is 5.75 Å². The van der Waals surface area contributed by atoms with Gasteiger partial charge in [0, 0.05) is 17.8 Å². The van der Waals surface area contributed by atoms with Gasteiger partial charge in [0.05, 0.1) is 7.11 Å². The van der Waals surface area contributed by atoms with E-state index in [4.69, 9.17) is 10.5 Å². The van der Waals surface area contributed by atoms with E-state index in [1.165, 1.54) is 0 Å². The average molecular weight is 270 g/mol. The van der Waals surface area contributed by atoms with E-state index in [0.717, 1.165) is 16.8 Å². The van der Waals surface area contributed by atoms with Crippen molar-refractivity contribution in [2.24, 2.45) is 5.73 Å². The van der Waals surface area contributed by atoms with Crippen LogP contribution in [0, 0.1) is 6.92 Å². The zero-order valence-corrected chi connectivity index (χ0v) is 11.6. The Balaban J connectivity index is 2.22. The second kappa shape index (κ2) is 6.21. The van der Waals surface area contributed by atoms with Crippen LogP contribution in [-0.4, -0.2) is 13.0 Å². The summed E-state index contributed by atoms with van der Waals surface area (Å²) in [6.07, 6.45) is 0. The van der Waals surface area contributed by atoms with E-state index in [-0.39, 0.29) is 5.91 Å². The predicted octanol–water partition coefficient (Wildman–Crippen LogP) is 2.71. The Kier molecular flexibility index (Phi) is 4.38. The minimum absolute atomic E-state index is 0.166. The first-order valence-electron chi connectivity index (χ1n) is 6.39. The molecule has 0 spiro atoms. The first-order valence-corrected chi connectivity index (χ1v) is 6.39. The molecule has 0 aliphatic heterocycles. The second-order valence-electron chi connectivity index (χ2n) is 4.54. The maximum absolute atomic E-state index is 12.2. The van der Waals surface area contributed by atoms with Crippen LogP contribution in [0.2, 0.25) is 0 Å². The van der Waals surface area contributed by atoms with Gasteiger partial charge >= 0.3 is 0 Å². The highest BCUT2D eigenvalue weighted by Gasteiger charge is 2.09. The molecule has 0 radical (unpaired) electrons. The largest absolute Gasteiger partial charge is 0.497 e. The molecule has 0 heterocycles. The standard InChI is InChI=1S/C16H18N2O2/c1-11-6-7-12(10-17)8-15(11)18-16(19)13-4-3-5-14(9-13)20-2/h3-9H,10,17H2,1-2H3,(H,18,19). The van der Waals surface area contributed by atoms with Crippen molar-refractivity contribution >= 4 is 11.6 Å². The van der Waals surface area contributed by atoms with E-state index in [9.17, 15) is 4.79 Å². The number of nitrogens with two attached hydrogens (primary N) is 1. The fourth-order valence-corrected chi connectivity index (χ4v) is 1.89. The number of hydrogen-bond acceptors (Lipinski definition) is 3. The summed E-state index contributed by atoms with van der Waals surface area (Å²) >= 11 is 0. The molecule has 0 fully saturated rings. The summed E-state index contributed by atoms with van der Waals surface area (Å²) in [6.45, 7) is 2.39. The molecule has 0 bridgehead atoms. The molecule has 2 aromatic rings. The highest BCUT2D eigenvalue weighted by molar-refractivity contribution is 6.04. The van der Waals surface area contributed by atoms with Gasteiger partial charge < -0.3 is 15.8 Å². The van der Waals surface area contributed by atoms with Crippen molar-refractivity contribution in [1.82, 2.24) is 0 Å². The van der Waals surface area contributed by atoms with Crippen LogP contribution in [0.1, 0.15) is 21.5 Å². The average Bonchev–Trinajstić information content (AvgIpc) is 2.49. The minimum atomic E-state index is -0.166. The number of amides is 1. The summed E-state index contributed by atoms with van der Waals surface area (Å²) < 4.78 is 5.12. The lowest BCUT2D eigenvalue weighted by Gasteiger charge is -2.10. The van der Waals surface area contributed by atoms with Crippen LogP contribution < -0.4 is 15.8 Å². The number of anilines is 1. The smallest absolute Gasteiger partial charge is 0.255 e. The van der Waals surface area contributed by atoms with Crippen LogP contribution >= 0.6 is 0 Å². The Hall–Kier alpha value is -2.33. The van der Waals surface area contributed by atoms with E-state index in [0.29, 0.717) is 17.9 Å². The lowest BCUT2D eigenvalue weighted by Crippen LogP contribution is -2.13. The number of benzene rings is 2. The molecule has 0 atom stereocenters. The number of aryl methyl sites for hydroxylation is 1. The summed E-state index contributed by atoms with van der Waals surface area (Å²) in [7, 11) is 1.58. The highest BCUT2D eigenvalue weighted by Crippen LogP contribution is 2.19. The number of methoxy groups -OCH3 is 1. The Morgan fingerprint density at radius 1 is 1.25 bits per heavy atom. The first-order chi connectivity index (χ1) is 9.63. The summed E-state index contributed by atoms with van der Waals surface area (Å²) in [5.41, 5.74) is 8.94. The lowest BCUT2D eigenvalue weighted by molar-refractivity contribution is 0.102. The molecule has 0 aliphatic rings. The van der Waals surface area contributed by atoms with Gasteiger partial charge in [-0.1, -0.05) is 18.2 Å². The quantitative estimate of drug-likeness (QED) is 0.897. The number of rotatable bonds is 4. The Morgan fingerprint density at radius 3 is 2.75 bits per heavy atom. The van der Waals surface area contributed by atoms with Crippen LogP contribution in [0.15, 0.2) is 42.5 Å². The van der Waals surface area contributed by atoms with Gasteiger partial charge in [-0.15, -0.1) is 0 Å². The molecule has 3 N–H and O–H groups in total. The van der Waals surface area contributed by atoms with Crippen molar-refractivity contribution in [3.63, 3.8) is 0 Å². The van der Waals surface area contributed by atoms with Crippen molar-refractivity contribution in [1.29, 1.82) is 0 Å². The maximum atomic E-state index is 12.2. The molecule has 0 aromatic heterocycles. The molecule has 0 saturated carbocycles. The predicted molar refractivity (Wildman–Crippen MR) is 80.0 cm³/mol. The second-order valence-corrected chi connectivity index (χ2v) is 4.54. The van der Waals surface area contributed by atoms with Gasteiger partial charge in [0.15, 0.2) is 0 Å². The normalized spacial score (nSPS) is 10.2. The zero-order valence-electron chi connectivity index (χ0n) is 11.6. The Labute approximate surface area is 118 Å². The van der Waals surface area contributed by atoms with Crippen molar-refractivity contribution in [3.05, 3.63) is 59.2 Å². The fourth-order valence-electron chi connectivity index (χ4n) is 1.89. The van der Waals surface area contributed by atoms with Crippen LogP contribution in [-0.2, 0) is 6.54 Å². The van der Waals surface area contributed by atoms with Gasteiger partial charge in [-0.3, -0.25) is 4.79 Å². The van der Waals surface area contributed by atoms with Crippen molar-refractivity contribution in [2.45, 2.75) is 13.5 Å². The van der Waals surface area contributed by atoms with Gasteiger partial charge in [-0.25, -0.2) is 0 Å². The zero-order chi connectivity index (χ0) is 14.5. The molecule has 4 nitrogen and oxygen atoms in total. The molecule has 104 valence electrons. The number of carbonyl (C=O) groups is 1. The van der Waals surface area contributed by atoms with Gasteiger partial charge in [-0.2, -0.15) is 0 Å². The molecule has 2 aromatic carbocycles. The van der Waals surface area contributed by atoms with Crippen LogP contribution in [0.5, 0.6) is 5.75 Å². The molecular weight excluding hydrogens is 252 g/mol. The molecule has 20 heavy (non-hydrogen) atoms. The summed E-state index contributed by atoms with van der Waals surface area (Å²) in [6, 6.07) is 12.8. The van der Waals surface area contributed by atoms with E-state index in [2.05, 4.69) is 5.32 Å². The fraction of sp³-hybridized carbons (Fsp3) is 0.188. The lowest BCUT2D eigenvalue weighted by atomic mass is 10.1. The SMILES string of the molecule is COc1cccc(C(=O)Nc2cc(CN)ccc2C)c1.